The Morgan fingerprint density at radius 1 is 1.11 bits per heavy atom. The van der Waals surface area contributed by atoms with E-state index >= 15 is 4.39 Å². The molecule has 0 spiro atoms. The van der Waals surface area contributed by atoms with Crippen LogP contribution in [0.2, 0.25) is 0 Å². The molecule has 0 aliphatic heterocycles. The van der Waals surface area contributed by atoms with Gasteiger partial charge in [0.15, 0.2) is 0 Å². The van der Waals surface area contributed by atoms with Gasteiger partial charge in [0.2, 0.25) is 0 Å². The third-order valence-corrected chi connectivity index (χ3v) is 6.16. The average molecular weight is 366 g/mol. The molecule has 0 aromatic heterocycles. The van der Waals surface area contributed by atoms with Crippen LogP contribution in [0, 0.1) is 6.92 Å². The maximum atomic E-state index is 15.4. The van der Waals surface area contributed by atoms with Crippen molar-refractivity contribution in [2.24, 2.45) is 0 Å². The third-order valence-electron chi connectivity index (χ3n) is 6.16. The summed E-state index contributed by atoms with van der Waals surface area (Å²) < 4.78 is 20.6. The molecular weight excluding hydrogens is 343 g/mol. The number of allylic oxidation sites excluding steroid dienone is 1. The second-order valence-electron chi connectivity index (χ2n) is 7.66. The van der Waals surface area contributed by atoms with Gasteiger partial charge in [0, 0.05) is 0 Å². The lowest BCUT2D eigenvalue weighted by Crippen LogP contribution is -2.02. The van der Waals surface area contributed by atoms with E-state index in [2.05, 4.69) is 12.1 Å². The number of fused-ring (bicyclic) bond motifs is 5. The Kier molecular flexibility index (Phi) is 4.29. The van der Waals surface area contributed by atoms with E-state index in [0.717, 1.165) is 11.1 Å². The van der Waals surface area contributed by atoms with Crippen molar-refractivity contribution in [2.75, 3.05) is 7.11 Å². The van der Waals surface area contributed by atoms with Crippen molar-refractivity contribution in [1.29, 1.82) is 0 Å². The van der Waals surface area contributed by atoms with E-state index in [-0.39, 0.29) is 22.7 Å². The highest BCUT2D eigenvalue weighted by Gasteiger charge is 2.37. The predicted molar refractivity (Wildman–Crippen MR) is 104 cm³/mol. The van der Waals surface area contributed by atoms with E-state index in [1.807, 2.05) is 6.92 Å². The Hall–Kier alpha value is -2.62. The summed E-state index contributed by atoms with van der Waals surface area (Å²) in [5.74, 6) is 0.0743. The fourth-order valence-corrected chi connectivity index (χ4v) is 4.73. The van der Waals surface area contributed by atoms with Crippen LogP contribution in [0.1, 0.15) is 76.2 Å². The number of carbonyl (C=O) groups is 1. The van der Waals surface area contributed by atoms with E-state index in [4.69, 9.17) is 9.84 Å². The largest absolute Gasteiger partial charge is 0.496 e. The minimum absolute atomic E-state index is 0.0748. The molecule has 4 rings (SSSR count). The van der Waals surface area contributed by atoms with E-state index in [0.29, 0.717) is 17.4 Å². The topological polar surface area (TPSA) is 46.5 Å². The van der Waals surface area contributed by atoms with Gasteiger partial charge in [-0.3, -0.25) is 0 Å². The molecule has 0 amide bonds. The summed E-state index contributed by atoms with van der Waals surface area (Å²) in [5, 5.41) is 9.14. The van der Waals surface area contributed by atoms with Crippen molar-refractivity contribution in [2.45, 2.75) is 44.9 Å². The fourth-order valence-electron chi connectivity index (χ4n) is 4.73. The highest BCUT2D eigenvalue weighted by molar-refractivity contribution is 5.92. The molecule has 1 fully saturated rings. The van der Waals surface area contributed by atoms with Gasteiger partial charge in [-0.25, -0.2) is 9.18 Å². The zero-order valence-corrected chi connectivity index (χ0v) is 15.8. The van der Waals surface area contributed by atoms with Gasteiger partial charge in [-0.05, 0) is 91.0 Å². The molecule has 0 radical (unpaired) electrons. The Morgan fingerprint density at radius 3 is 2.41 bits per heavy atom. The lowest BCUT2D eigenvalue weighted by molar-refractivity contribution is 0.0696. The van der Waals surface area contributed by atoms with Crippen LogP contribution < -0.4 is 4.74 Å². The van der Waals surface area contributed by atoms with Crippen molar-refractivity contribution in [3.63, 3.8) is 0 Å². The average Bonchev–Trinajstić information content (AvgIpc) is 3.27. The molecule has 0 saturated heterocycles. The monoisotopic (exact) mass is 366 g/mol. The van der Waals surface area contributed by atoms with Crippen molar-refractivity contribution in [3.05, 3.63) is 63.7 Å². The number of rotatable bonds is 4. The molecule has 2 aliphatic rings. The van der Waals surface area contributed by atoms with Crippen LogP contribution in [0.25, 0.3) is 11.4 Å². The molecule has 2 atom stereocenters. The van der Waals surface area contributed by atoms with Gasteiger partial charge in [0.05, 0.1) is 18.2 Å². The van der Waals surface area contributed by atoms with Gasteiger partial charge >= 0.3 is 5.97 Å². The maximum absolute atomic E-state index is 15.4. The normalized spacial score (nSPS) is 21.0. The molecule has 1 saturated carbocycles. The Labute approximate surface area is 158 Å². The number of halogens is 1. The number of carboxylic acids is 1. The van der Waals surface area contributed by atoms with Gasteiger partial charge in [-0.1, -0.05) is 12.1 Å². The summed E-state index contributed by atoms with van der Waals surface area (Å²) in [4.78, 5) is 11.2. The number of aromatic carboxylic acids is 1. The van der Waals surface area contributed by atoms with E-state index in [1.54, 1.807) is 6.92 Å². The van der Waals surface area contributed by atoms with Gasteiger partial charge < -0.3 is 9.84 Å². The minimum atomic E-state index is -1.06. The van der Waals surface area contributed by atoms with Crippen LogP contribution >= 0.6 is 0 Å². The molecule has 140 valence electrons. The number of benzene rings is 2. The van der Waals surface area contributed by atoms with Crippen LogP contribution in [0.3, 0.4) is 0 Å². The first-order valence-electron chi connectivity index (χ1n) is 9.33. The molecule has 2 aliphatic carbocycles. The van der Waals surface area contributed by atoms with Gasteiger partial charge in [-0.15, -0.1) is 0 Å². The zero-order valence-electron chi connectivity index (χ0n) is 15.8. The lowest BCUT2D eigenvalue weighted by Gasteiger charge is -2.19. The van der Waals surface area contributed by atoms with E-state index in [1.165, 1.54) is 55.7 Å². The molecule has 0 heterocycles. The number of hydrogen-bond donors (Lipinski definition) is 1. The summed E-state index contributed by atoms with van der Waals surface area (Å²) >= 11 is 0. The maximum Gasteiger partial charge on any atom is 0.335 e. The first-order valence-corrected chi connectivity index (χ1v) is 9.33. The fraction of sp³-hybridized carbons (Fsp3) is 0.348. The molecule has 2 aromatic carbocycles. The summed E-state index contributed by atoms with van der Waals surface area (Å²) in [6.45, 7) is 3.81. The number of hydrogen-bond acceptors (Lipinski definition) is 2. The SMILES string of the molecule is COc1cc(C(=O)O)ccc1/C(F)=C(\C)c1cc2c(cc1C)C1CCC2C1. The standard InChI is InChI=1S/C23H23FO3/c1-12-8-19-14-4-5-15(9-14)20(19)11-18(12)13(2)22(24)17-7-6-16(23(25)26)10-21(17)27-3/h6-8,10-11,14-15H,4-5,9H2,1-3H3,(H,25,26)/b22-13-. The third kappa shape index (κ3) is 2.84. The van der Waals surface area contributed by atoms with Crippen molar-refractivity contribution in [3.8, 4) is 5.75 Å². The molecule has 2 unspecified atom stereocenters. The molecular formula is C23H23FO3. The van der Waals surface area contributed by atoms with Crippen LogP contribution in [0.5, 0.6) is 5.75 Å². The molecule has 2 aromatic rings. The number of aryl methyl sites for hydroxylation is 1. The van der Waals surface area contributed by atoms with Gasteiger partial charge in [0.1, 0.15) is 11.6 Å². The Morgan fingerprint density at radius 2 is 1.78 bits per heavy atom. The summed E-state index contributed by atoms with van der Waals surface area (Å²) in [6, 6.07) is 8.64. The summed E-state index contributed by atoms with van der Waals surface area (Å²) in [7, 11) is 1.42. The Balaban J connectivity index is 1.80. The first kappa shape index (κ1) is 17.8. The van der Waals surface area contributed by atoms with Crippen LogP contribution in [-0.4, -0.2) is 18.2 Å². The molecule has 27 heavy (non-hydrogen) atoms. The second kappa shape index (κ2) is 6.52. The Bertz CT molecular complexity index is 974. The molecule has 1 N–H and O–H groups in total. The van der Waals surface area contributed by atoms with Crippen LogP contribution in [0.4, 0.5) is 4.39 Å². The quantitative estimate of drug-likeness (QED) is 0.683. The van der Waals surface area contributed by atoms with Crippen LogP contribution in [-0.2, 0) is 0 Å². The lowest BCUT2D eigenvalue weighted by atomic mass is 9.86. The second-order valence-corrected chi connectivity index (χ2v) is 7.66. The van der Waals surface area contributed by atoms with Crippen molar-refractivity contribution >= 4 is 17.4 Å². The first-order chi connectivity index (χ1) is 12.9. The summed E-state index contributed by atoms with van der Waals surface area (Å²) in [5.41, 5.74) is 5.74. The van der Waals surface area contributed by atoms with Crippen molar-refractivity contribution in [1.82, 2.24) is 0 Å². The van der Waals surface area contributed by atoms with E-state index < -0.39 is 5.97 Å². The zero-order chi connectivity index (χ0) is 19.3. The van der Waals surface area contributed by atoms with E-state index in [9.17, 15) is 4.79 Å². The highest BCUT2D eigenvalue weighted by atomic mass is 19.1. The molecule has 3 nitrogen and oxygen atoms in total. The molecule has 4 heteroatoms. The predicted octanol–water partition coefficient (Wildman–Crippen LogP) is 5.92. The van der Waals surface area contributed by atoms with Gasteiger partial charge in [-0.2, -0.15) is 0 Å². The smallest absolute Gasteiger partial charge is 0.335 e. The minimum Gasteiger partial charge on any atom is -0.496 e. The highest BCUT2D eigenvalue weighted by Crippen LogP contribution is 2.54. The number of methoxy groups -OCH3 is 1. The van der Waals surface area contributed by atoms with Crippen LogP contribution in [0.15, 0.2) is 30.3 Å². The number of carboxylic acid groups (broad SMARTS) is 1. The number of ether oxygens (including phenoxy) is 1. The van der Waals surface area contributed by atoms with Gasteiger partial charge in [0.25, 0.3) is 0 Å². The summed E-state index contributed by atoms with van der Waals surface area (Å²) in [6.07, 6.45) is 3.73. The molecule has 2 bridgehead atoms. The van der Waals surface area contributed by atoms with Crippen molar-refractivity contribution < 1.29 is 19.0 Å².